The number of halogens is 1. The highest BCUT2D eigenvalue weighted by molar-refractivity contribution is 9.10. The predicted octanol–water partition coefficient (Wildman–Crippen LogP) is 3.47. The smallest absolute Gasteiger partial charge is 0.136 e. The van der Waals surface area contributed by atoms with Gasteiger partial charge in [0.15, 0.2) is 0 Å². The predicted molar refractivity (Wildman–Crippen MR) is 76.6 cm³/mol. The number of pyridine rings is 1. The fourth-order valence-corrected chi connectivity index (χ4v) is 2.98. The van der Waals surface area contributed by atoms with Crippen LogP contribution in [0.4, 0.5) is 0 Å². The third-order valence-corrected chi connectivity index (χ3v) is 4.10. The third-order valence-electron chi connectivity index (χ3n) is 3.63. The Hall–Kier alpha value is -0.870. The first-order valence-electron chi connectivity index (χ1n) is 6.67. The Balaban J connectivity index is 1.83. The molecule has 0 aromatic carbocycles. The van der Waals surface area contributed by atoms with Crippen molar-refractivity contribution in [3.8, 4) is 0 Å². The van der Waals surface area contributed by atoms with Gasteiger partial charge in [0.1, 0.15) is 5.65 Å². The SMILES string of the molecule is Brc1ccc2ncc(CN3CCCCCC3)n2c1. The summed E-state index contributed by atoms with van der Waals surface area (Å²) < 4.78 is 3.29. The van der Waals surface area contributed by atoms with Crippen LogP contribution in [0, 0.1) is 0 Å². The van der Waals surface area contributed by atoms with Crippen molar-refractivity contribution >= 4 is 21.6 Å². The van der Waals surface area contributed by atoms with Gasteiger partial charge in [-0.25, -0.2) is 4.98 Å². The molecule has 0 N–H and O–H groups in total. The molecule has 1 fully saturated rings. The molecule has 0 atom stereocenters. The molecule has 0 amide bonds. The van der Waals surface area contributed by atoms with Crippen LogP contribution in [0.5, 0.6) is 0 Å². The molecule has 0 unspecified atom stereocenters. The molecule has 2 aromatic rings. The molecule has 2 aromatic heterocycles. The summed E-state index contributed by atoms with van der Waals surface area (Å²) in [6.45, 7) is 3.46. The molecule has 3 rings (SSSR count). The molecule has 0 radical (unpaired) electrons. The molecule has 1 aliphatic rings. The van der Waals surface area contributed by atoms with Crippen molar-refractivity contribution in [1.29, 1.82) is 0 Å². The average Bonchev–Trinajstić information content (AvgIpc) is 2.60. The van der Waals surface area contributed by atoms with E-state index in [1.54, 1.807) is 0 Å². The highest BCUT2D eigenvalue weighted by atomic mass is 79.9. The lowest BCUT2D eigenvalue weighted by atomic mass is 10.2. The van der Waals surface area contributed by atoms with Crippen molar-refractivity contribution in [2.75, 3.05) is 13.1 Å². The molecule has 3 heterocycles. The second kappa shape index (κ2) is 5.41. The number of hydrogen-bond acceptors (Lipinski definition) is 2. The molecular weight excluding hydrogens is 290 g/mol. The molecule has 1 aliphatic heterocycles. The lowest BCUT2D eigenvalue weighted by Gasteiger charge is -2.19. The van der Waals surface area contributed by atoms with Crippen LogP contribution in [0.2, 0.25) is 0 Å². The summed E-state index contributed by atoms with van der Waals surface area (Å²) in [6, 6.07) is 4.09. The van der Waals surface area contributed by atoms with Crippen molar-refractivity contribution in [2.45, 2.75) is 32.2 Å². The lowest BCUT2D eigenvalue weighted by molar-refractivity contribution is 0.273. The van der Waals surface area contributed by atoms with Crippen molar-refractivity contribution < 1.29 is 0 Å². The van der Waals surface area contributed by atoms with E-state index < -0.39 is 0 Å². The van der Waals surface area contributed by atoms with Gasteiger partial charge in [-0.15, -0.1) is 0 Å². The number of fused-ring (bicyclic) bond motifs is 1. The second-order valence-electron chi connectivity index (χ2n) is 5.02. The van der Waals surface area contributed by atoms with Crippen LogP contribution >= 0.6 is 15.9 Å². The maximum Gasteiger partial charge on any atom is 0.136 e. The van der Waals surface area contributed by atoms with E-state index in [4.69, 9.17) is 0 Å². The highest BCUT2D eigenvalue weighted by Crippen LogP contribution is 2.17. The van der Waals surface area contributed by atoms with E-state index in [9.17, 15) is 0 Å². The van der Waals surface area contributed by atoms with Gasteiger partial charge in [-0.3, -0.25) is 4.90 Å². The molecule has 3 nitrogen and oxygen atoms in total. The summed E-state index contributed by atoms with van der Waals surface area (Å²) >= 11 is 3.53. The van der Waals surface area contributed by atoms with Gasteiger partial charge in [-0.2, -0.15) is 0 Å². The maximum atomic E-state index is 4.46. The van der Waals surface area contributed by atoms with Crippen LogP contribution in [-0.4, -0.2) is 27.4 Å². The molecule has 4 heteroatoms. The number of imidazole rings is 1. The molecule has 96 valence electrons. The zero-order chi connectivity index (χ0) is 12.4. The van der Waals surface area contributed by atoms with Crippen LogP contribution in [0.25, 0.3) is 5.65 Å². The fraction of sp³-hybridized carbons (Fsp3) is 0.500. The van der Waals surface area contributed by atoms with Crippen LogP contribution in [0.3, 0.4) is 0 Å². The topological polar surface area (TPSA) is 20.5 Å². The number of nitrogens with zero attached hydrogens (tertiary/aromatic N) is 3. The first-order valence-corrected chi connectivity index (χ1v) is 7.46. The van der Waals surface area contributed by atoms with E-state index in [1.165, 1.54) is 44.5 Å². The molecule has 0 aliphatic carbocycles. The van der Waals surface area contributed by atoms with Crippen molar-refractivity contribution in [3.05, 3.63) is 34.7 Å². The number of rotatable bonds is 2. The Bertz CT molecular complexity index is 527. The van der Waals surface area contributed by atoms with Gasteiger partial charge in [-0.1, -0.05) is 12.8 Å². The maximum absolute atomic E-state index is 4.46. The van der Waals surface area contributed by atoms with E-state index >= 15 is 0 Å². The van der Waals surface area contributed by atoms with Gasteiger partial charge in [0.25, 0.3) is 0 Å². The van der Waals surface area contributed by atoms with Crippen LogP contribution < -0.4 is 0 Å². The third kappa shape index (κ3) is 2.59. The quantitative estimate of drug-likeness (QED) is 0.847. The van der Waals surface area contributed by atoms with Gasteiger partial charge < -0.3 is 4.40 Å². The van der Waals surface area contributed by atoms with Gasteiger partial charge in [-0.05, 0) is 54.0 Å². The summed E-state index contributed by atoms with van der Waals surface area (Å²) in [4.78, 5) is 7.02. The zero-order valence-electron chi connectivity index (χ0n) is 10.5. The van der Waals surface area contributed by atoms with Crippen LogP contribution in [0.15, 0.2) is 29.0 Å². The normalized spacial score (nSPS) is 18.1. The first kappa shape index (κ1) is 12.2. The summed E-state index contributed by atoms with van der Waals surface area (Å²) in [5, 5.41) is 0. The van der Waals surface area contributed by atoms with Crippen LogP contribution in [-0.2, 0) is 6.54 Å². The Labute approximate surface area is 116 Å². The number of aromatic nitrogens is 2. The van der Waals surface area contributed by atoms with Crippen LogP contribution in [0.1, 0.15) is 31.4 Å². The standard InChI is InChI=1S/C14H18BrN3/c15-12-5-6-14-16-9-13(18(14)10-12)11-17-7-3-1-2-4-8-17/h5-6,9-10H,1-4,7-8,11H2. The van der Waals surface area contributed by atoms with E-state index in [0.29, 0.717) is 0 Å². The number of hydrogen-bond donors (Lipinski definition) is 0. The Morgan fingerprint density at radius 2 is 1.89 bits per heavy atom. The Morgan fingerprint density at radius 1 is 1.11 bits per heavy atom. The number of likely N-dealkylation sites (tertiary alicyclic amines) is 1. The minimum absolute atomic E-state index is 1.01. The molecule has 0 spiro atoms. The summed E-state index contributed by atoms with van der Waals surface area (Å²) in [7, 11) is 0. The van der Waals surface area contributed by atoms with Crippen molar-refractivity contribution in [1.82, 2.24) is 14.3 Å². The van der Waals surface area contributed by atoms with E-state index in [0.717, 1.165) is 16.7 Å². The minimum atomic E-state index is 1.01. The summed E-state index contributed by atoms with van der Waals surface area (Å²) in [6.07, 6.45) is 9.55. The van der Waals surface area contributed by atoms with E-state index in [1.807, 2.05) is 12.3 Å². The molecule has 0 saturated carbocycles. The molecular formula is C14H18BrN3. The van der Waals surface area contributed by atoms with Crippen molar-refractivity contribution in [2.24, 2.45) is 0 Å². The first-order chi connectivity index (χ1) is 8.83. The Morgan fingerprint density at radius 3 is 2.67 bits per heavy atom. The lowest BCUT2D eigenvalue weighted by Crippen LogP contribution is -2.24. The largest absolute Gasteiger partial charge is 0.302 e. The van der Waals surface area contributed by atoms with Gasteiger partial charge >= 0.3 is 0 Å². The van der Waals surface area contributed by atoms with E-state index in [-0.39, 0.29) is 0 Å². The Kier molecular flexibility index (Phi) is 3.66. The molecule has 1 saturated heterocycles. The summed E-state index contributed by atoms with van der Waals surface area (Å²) in [5.74, 6) is 0. The van der Waals surface area contributed by atoms with Crippen molar-refractivity contribution in [3.63, 3.8) is 0 Å². The average molecular weight is 308 g/mol. The highest BCUT2D eigenvalue weighted by Gasteiger charge is 2.12. The van der Waals surface area contributed by atoms with Gasteiger partial charge in [0.05, 0.1) is 11.9 Å². The van der Waals surface area contributed by atoms with Gasteiger partial charge in [0, 0.05) is 17.2 Å². The minimum Gasteiger partial charge on any atom is -0.302 e. The van der Waals surface area contributed by atoms with Gasteiger partial charge in [0.2, 0.25) is 0 Å². The van der Waals surface area contributed by atoms with E-state index in [2.05, 4.69) is 42.5 Å². The second-order valence-corrected chi connectivity index (χ2v) is 5.93. The fourth-order valence-electron chi connectivity index (χ4n) is 2.65. The monoisotopic (exact) mass is 307 g/mol. The molecule has 18 heavy (non-hydrogen) atoms. The zero-order valence-corrected chi connectivity index (χ0v) is 12.1. The summed E-state index contributed by atoms with van der Waals surface area (Å²) in [5.41, 5.74) is 2.32. The molecule has 0 bridgehead atoms.